The Morgan fingerprint density at radius 3 is 2.67 bits per heavy atom. The van der Waals surface area contributed by atoms with Crippen LogP contribution in [0.1, 0.15) is 48.8 Å². The summed E-state index contributed by atoms with van der Waals surface area (Å²) in [7, 11) is 0. The molecule has 0 bridgehead atoms. The lowest BCUT2D eigenvalue weighted by atomic mass is 10.1. The summed E-state index contributed by atoms with van der Waals surface area (Å²) in [6.45, 7) is 7.12. The van der Waals surface area contributed by atoms with Crippen LogP contribution in [-0.2, 0) is 0 Å². The van der Waals surface area contributed by atoms with Gasteiger partial charge in [0, 0.05) is 17.6 Å². The van der Waals surface area contributed by atoms with Crippen molar-refractivity contribution in [2.24, 2.45) is 0 Å². The van der Waals surface area contributed by atoms with Crippen LogP contribution in [0.4, 0.5) is 0 Å². The Labute approximate surface area is 157 Å². The molecular weight excluding hydrogens is 344 g/mol. The number of nitrogens with zero attached hydrogens (tertiary/aromatic N) is 3. The summed E-state index contributed by atoms with van der Waals surface area (Å²) < 4.78 is 13.0. The van der Waals surface area contributed by atoms with Crippen molar-refractivity contribution < 1.29 is 14.3 Å². The van der Waals surface area contributed by atoms with Gasteiger partial charge >= 0.3 is 0 Å². The van der Waals surface area contributed by atoms with Gasteiger partial charge < -0.3 is 14.8 Å². The number of amides is 1. The van der Waals surface area contributed by atoms with E-state index < -0.39 is 0 Å². The summed E-state index contributed by atoms with van der Waals surface area (Å²) in [5.41, 5.74) is 2.24. The summed E-state index contributed by atoms with van der Waals surface area (Å²) in [5, 5.41) is 8.20. The molecule has 27 heavy (non-hydrogen) atoms. The maximum Gasteiger partial charge on any atom is 0.253 e. The van der Waals surface area contributed by atoms with E-state index in [4.69, 9.17) is 9.47 Å². The van der Waals surface area contributed by atoms with Gasteiger partial charge in [-0.3, -0.25) is 4.79 Å². The lowest BCUT2D eigenvalue weighted by Gasteiger charge is -2.21. The fraction of sp³-hybridized carbons (Fsp3) is 0.350. The van der Waals surface area contributed by atoms with Gasteiger partial charge in [0.25, 0.3) is 5.91 Å². The van der Waals surface area contributed by atoms with E-state index in [-0.39, 0.29) is 18.0 Å². The quantitative estimate of drug-likeness (QED) is 0.767. The zero-order valence-corrected chi connectivity index (χ0v) is 15.6. The molecule has 1 aliphatic rings. The van der Waals surface area contributed by atoms with Gasteiger partial charge in [-0.25, -0.2) is 9.67 Å². The predicted octanol–water partition coefficient (Wildman–Crippen LogP) is 3.27. The van der Waals surface area contributed by atoms with Crippen LogP contribution in [0.15, 0.2) is 36.7 Å². The zero-order valence-electron chi connectivity index (χ0n) is 15.6. The highest BCUT2D eigenvalue weighted by atomic mass is 16.6. The van der Waals surface area contributed by atoms with Crippen LogP contribution in [0, 0.1) is 0 Å². The van der Waals surface area contributed by atoms with Crippen LogP contribution in [0.3, 0.4) is 0 Å². The average molecular weight is 366 g/mol. The smallest absolute Gasteiger partial charge is 0.253 e. The van der Waals surface area contributed by atoms with Crippen molar-refractivity contribution in [2.45, 2.75) is 32.9 Å². The molecule has 0 saturated heterocycles. The van der Waals surface area contributed by atoms with Gasteiger partial charge in [0.2, 0.25) is 0 Å². The number of aromatic nitrogens is 3. The van der Waals surface area contributed by atoms with Crippen LogP contribution in [0.25, 0.3) is 11.0 Å². The maximum absolute atomic E-state index is 12.7. The minimum atomic E-state index is -0.178. The van der Waals surface area contributed by atoms with E-state index in [1.54, 1.807) is 12.4 Å². The number of ether oxygens (including phenoxy) is 2. The minimum Gasteiger partial charge on any atom is -0.486 e. The first-order valence-corrected chi connectivity index (χ1v) is 9.06. The molecule has 1 amide bonds. The Bertz CT molecular complexity index is 996. The molecule has 0 unspecified atom stereocenters. The van der Waals surface area contributed by atoms with Crippen molar-refractivity contribution in [3.8, 4) is 11.5 Å². The Kier molecular flexibility index (Phi) is 4.43. The fourth-order valence-corrected chi connectivity index (χ4v) is 3.13. The van der Waals surface area contributed by atoms with Gasteiger partial charge in [0.05, 0.1) is 17.8 Å². The first-order chi connectivity index (χ1) is 13.0. The first-order valence-electron chi connectivity index (χ1n) is 9.06. The summed E-state index contributed by atoms with van der Waals surface area (Å²) in [4.78, 5) is 17.1. The van der Waals surface area contributed by atoms with E-state index in [9.17, 15) is 4.79 Å². The van der Waals surface area contributed by atoms with Crippen LogP contribution in [-0.4, -0.2) is 33.9 Å². The number of benzene rings is 1. The molecule has 3 aromatic rings. The summed E-state index contributed by atoms with van der Waals surface area (Å²) in [5.74, 6) is 1.27. The van der Waals surface area contributed by atoms with E-state index in [0.717, 1.165) is 22.3 Å². The highest BCUT2D eigenvalue weighted by Crippen LogP contribution is 2.32. The molecule has 0 radical (unpaired) electrons. The van der Waals surface area contributed by atoms with Crippen LogP contribution >= 0.6 is 0 Å². The summed E-state index contributed by atoms with van der Waals surface area (Å²) >= 11 is 0. The van der Waals surface area contributed by atoms with Crippen LogP contribution in [0.5, 0.6) is 11.5 Å². The average Bonchev–Trinajstić information content (AvgIpc) is 3.11. The number of nitrogens with one attached hydrogen (secondary N) is 1. The van der Waals surface area contributed by atoms with Crippen LogP contribution < -0.4 is 14.8 Å². The number of fused-ring (bicyclic) bond motifs is 2. The third-order valence-electron chi connectivity index (χ3n) is 4.60. The van der Waals surface area contributed by atoms with Crippen molar-refractivity contribution >= 4 is 16.9 Å². The van der Waals surface area contributed by atoms with Crippen molar-refractivity contribution in [1.29, 1.82) is 0 Å². The largest absolute Gasteiger partial charge is 0.486 e. The Morgan fingerprint density at radius 1 is 1.11 bits per heavy atom. The Balaban J connectivity index is 1.52. The normalized spacial score (nSPS) is 14.4. The second kappa shape index (κ2) is 6.90. The van der Waals surface area contributed by atoms with Gasteiger partial charge in [-0.05, 0) is 44.5 Å². The van der Waals surface area contributed by atoms with Gasteiger partial charge in [0.1, 0.15) is 13.2 Å². The molecule has 7 heteroatoms. The van der Waals surface area contributed by atoms with Crippen molar-refractivity contribution in [3.05, 3.63) is 47.8 Å². The van der Waals surface area contributed by atoms with E-state index in [0.29, 0.717) is 24.5 Å². The van der Waals surface area contributed by atoms with Gasteiger partial charge in [-0.1, -0.05) is 6.07 Å². The van der Waals surface area contributed by atoms with Crippen LogP contribution in [0.2, 0.25) is 0 Å². The van der Waals surface area contributed by atoms with Crippen molar-refractivity contribution in [3.63, 3.8) is 0 Å². The monoisotopic (exact) mass is 366 g/mol. The SMILES string of the molecule is CC(C)n1ncc2cc(C(=O)N[C@H](C)c3ccc4c(c3)OCCO4)cnc21. The van der Waals surface area contributed by atoms with Crippen molar-refractivity contribution in [2.75, 3.05) is 13.2 Å². The number of carbonyl (C=O) groups excluding carboxylic acids is 1. The highest BCUT2D eigenvalue weighted by Gasteiger charge is 2.17. The van der Waals surface area contributed by atoms with Gasteiger partial charge in [0.15, 0.2) is 17.1 Å². The highest BCUT2D eigenvalue weighted by molar-refractivity contribution is 5.97. The van der Waals surface area contributed by atoms with E-state index >= 15 is 0 Å². The third-order valence-corrected chi connectivity index (χ3v) is 4.60. The number of hydrogen-bond acceptors (Lipinski definition) is 5. The number of carbonyl (C=O) groups is 1. The first kappa shape index (κ1) is 17.3. The predicted molar refractivity (Wildman–Crippen MR) is 101 cm³/mol. The number of pyridine rings is 1. The zero-order chi connectivity index (χ0) is 19.0. The minimum absolute atomic E-state index is 0.177. The molecule has 0 spiro atoms. The molecule has 0 aliphatic carbocycles. The van der Waals surface area contributed by atoms with Crippen molar-refractivity contribution in [1.82, 2.24) is 20.1 Å². The van der Waals surface area contributed by atoms with E-state index in [1.807, 2.05) is 49.7 Å². The molecular formula is C20H22N4O3. The lowest BCUT2D eigenvalue weighted by Crippen LogP contribution is -2.27. The number of rotatable bonds is 4. The standard InChI is InChI=1S/C20H22N4O3/c1-12(2)24-19-15(11-22-24)8-16(10-21-19)20(25)23-13(3)14-4-5-17-18(9-14)27-7-6-26-17/h4-5,8-13H,6-7H2,1-3H3,(H,23,25)/t13-/m1/s1. The molecule has 1 aromatic carbocycles. The molecule has 0 saturated carbocycles. The summed E-state index contributed by atoms with van der Waals surface area (Å²) in [6, 6.07) is 7.58. The Morgan fingerprint density at radius 2 is 1.89 bits per heavy atom. The molecule has 1 atom stereocenters. The molecule has 0 fully saturated rings. The van der Waals surface area contributed by atoms with Gasteiger partial charge in [-0.2, -0.15) is 5.10 Å². The molecule has 140 valence electrons. The molecule has 4 rings (SSSR count). The lowest BCUT2D eigenvalue weighted by molar-refractivity contribution is 0.0939. The molecule has 7 nitrogen and oxygen atoms in total. The second-order valence-corrected chi connectivity index (χ2v) is 6.92. The molecule has 1 N–H and O–H groups in total. The topological polar surface area (TPSA) is 78.3 Å². The van der Waals surface area contributed by atoms with Gasteiger partial charge in [-0.15, -0.1) is 0 Å². The number of hydrogen-bond donors (Lipinski definition) is 1. The maximum atomic E-state index is 12.7. The Hall–Kier alpha value is -3.09. The van der Waals surface area contributed by atoms with E-state index in [1.165, 1.54) is 0 Å². The van der Waals surface area contributed by atoms with E-state index in [2.05, 4.69) is 15.4 Å². The fourth-order valence-electron chi connectivity index (χ4n) is 3.13. The molecule has 1 aliphatic heterocycles. The molecule has 2 aromatic heterocycles. The third kappa shape index (κ3) is 3.32. The molecule has 3 heterocycles. The second-order valence-electron chi connectivity index (χ2n) is 6.92. The summed E-state index contributed by atoms with van der Waals surface area (Å²) in [6.07, 6.45) is 3.33.